The number of nitrogens with one attached hydrogen (secondary N) is 2. The third-order valence-electron chi connectivity index (χ3n) is 1.81. The highest BCUT2D eigenvalue weighted by Gasteiger charge is 2.06. The van der Waals surface area contributed by atoms with Crippen LogP contribution >= 0.6 is 23.8 Å². The van der Waals surface area contributed by atoms with E-state index in [-0.39, 0.29) is 0 Å². The molecule has 5 heteroatoms. The number of hydrogen-bond donors (Lipinski definition) is 2. The Hall–Kier alpha value is -1.00. The smallest absolute Gasteiger partial charge is 0.175 e. The number of ether oxygens (including phenoxy) is 1. The number of methoxy groups -OCH3 is 1. The van der Waals surface area contributed by atoms with Crippen LogP contribution in [0.4, 0.5) is 0 Å². The van der Waals surface area contributed by atoms with Gasteiger partial charge in [0.2, 0.25) is 0 Å². The second-order valence-corrected chi connectivity index (χ2v) is 3.39. The highest BCUT2D eigenvalue weighted by atomic mass is 35.5. The molecule has 1 heterocycles. The first-order valence-corrected chi connectivity index (χ1v) is 4.45. The van der Waals surface area contributed by atoms with E-state index in [1.807, 2.05) is 0 Å². The van der Waals surface area contributed by atoms with Gasteiger partial charge in [-0.3, -0.25) is 0 Å². The van der Waals surface area contributed by atoms with Crippen LogP contribution in [0.3, 0.4) is 0 Å². The third-order valence-corrected chi connectivity index (χ3v) is 2.33. The number of fused-ring (bicyclic) bond motifs is 1. The molecule has 0 bridgehead atoms. The quantitative estimate of drug-likeness (QED) is 0.717. The number of rotatable bonds is 1. The molecule has 0 unspecified atom stereocenters. The van der Waals surface area contributed by atoms with Crippen LogP contribution in [0.5, 0.6) is 5.75 Å². The Morgan fingerprint density at radius 3 is 2.69 bits per heavy atom. The molecule has 0 amide bonds. The molecular formula is C8H7ClN2OS. The number of hydrogen-bond acceptors (Lipinski definition) is 2. The Balaban J connectivity index is 2.91. The third kappa shape index (κ3) is 1.32. The van der Waals surface area contributed by atoms with Gasteiger partial charge < -0.3 is 14.7 Å². The predicted octanol–water partition coefficient (Wildman–Crippen LogP) is 2.89. The van der Waals surface area contributed by atoms with E-state index in [1.165, 1.54) is 0 Å². The van der Waals surface area contributed by atoms with E-state index in [1.54, 1.807) is 19.2 Å². The van der Waals surface area contributed by atoms with E-state index in [9.17, 15) is 0 Å². The predicted molar refractivity (Wildman–Crippen MR) is 55.0 cm³/mol. The lowest BCUT2D eigenvalue weighted by Crippen LogP contribution is -1.84. The lowest BCUT2D eigenvalue weighted by atomic mass is 10.3. The molecule has 0 radical (unpaired) electrons. The molecule has 0 fully saturated rings. The van der Waals surface area contributed by atoms with Crippen molar-refractivity contribution in [2.45, 2.75) is 0 Å². The maximum atomic E-state index is 5.95. The number of imidazole rings is 1. The van der Waals surface area contributed by atoms with Gasteiger partial charge in [-0.15, -0.1) is 0 Å². The first kappa shape index (κ1) is 8.59. The summed E-state index contributed by atoms with van der Waals surface area (Å²) in [7, 11) is 1.60. The Kier molecular flexibility index (Phi) is 2.01. The molecule has 0 atom stereocenters. The monoisotopic (exact) mass is 214 g/mol. The van der Waals surface area contributed by atoms with Crippen LogP contribution in [0.15, 0.2) is 12.1 Å². The van der Waals surface area contributed by atoms with Gasteiger partial charge >= 0.3 is 0 Å². The Morgan fingerprint density at radius 1 is 1.31 bits per heavy atom. The van der Waals surface area contributed by atoms with Gasteiger partial charge in [0.1, 0.15) is 11.3 Å². The fraction of sp³-hybridized carbons (Fsp3) is 0.125. The van der Waals surface area contributed by atoms with Gasteiger partial charge in [-0.25, -0.2) is 0 Å². The number of aromatic nitrogens is 2. The van der Waals surface area contributed by atoms with Crippen molar-refractivity contribution in [3.05, 3.63) is 21.9 Å². The van der Waals surface area contributed by atoms with Crippen LogP contribution in [-0.2, 0) is 0 Å². The maximum absolute atomic E-state index is 5.95. The van der Waals surface area contributed by atoms with Crippen molar-refractivity contribution in [2.75, 3.05) is 7.11 Å². The van der Waals surface area contributed by atoms with Crippen molar-refractivity contribution in [2.24, 2.45) is 0 Å². The first-order valence-electron chi connectivity index (χ1n) is 3.67. The molecule has 0 aliphatic carbocycles. The van der Waals surface area contributed by atoms with E-state index in [4.69, 9.17) is 28.6 Å². The van der Waals surface area contributed by atoms with Crippen molar-refractivity contribution < 1.29 is 4.74 Å². The summed E-state index contributed by atoms with van der Waals surface area (Å²) in [5.41, 5.74) is 1.59. The van der Waals surface area contributed by atoms with Gasteiger partial charge in [-0.2, -0.15) is 0 Å². The minimum atomic E-state index is 0.543. The average molecular weight is 215 g/mol. The van der Waals surface area contributed by atoms with E-state index >= 15 is 0 Å². The molecule has 3 nitrogen and oxygen atoms in total. The second-order valence-electron chi connectivity index (χ2n) is 2.58. The maximum Gasteiger partial charge on any atom is 0.175 e. The van der Waals surface area contributed by atoms with Crippen LogP contribution in [0.25, 0.3) is 11.0 Å². The fourth-order valence-corrected chi connectivity index (χ4v) is 1.64. The minimum Gasteiger partial charge on any atom is -0.494 e. The largest absolute Gasteiger partial charge is 0.494 e. The molecule has 0 aliphatic rings. The zero-order chi connectivity index (χ0) is 9.42. The summed E-state index contributed by atoms with van der Waals surface area (Å²) >= 11 is 10.9. The van der Waals surface area contributed by atoms with Gasteiger partial charge in [0.05, 0.1) is 17.6 Å². The summed E-state index contributed by atoms with van der Waals surface area (Å²) in [6, 6.07) is 3.56. The minimum absolute atomic E-state index is 0.543. The van der Waals surface area contributed by atoms with E-state index in [2.05, 4.69) is 9.97 Å². The topological polar surface area (TPSA) is 40.8 Å². The van der Waals surface area contributed by atoms with Gasteiger partial charge in [-0.1, -0.05) is 11.6 Å². The summed E-state index contributed by atoms with van der Waals surface area (Å²) in [6.07, 6.45) is 0. The molecule has 13 heavy (non-hydrogen) atoms. The average Bonchev–Trinajstić information content (AvgIpc) is 2.48. The highest BCUT2D eigenvalue weighted by Crippen LogP contribution is 2.28. The Morgan fingerprint density at radius 2 is 2.00 bits per heavy atom. The summed E-state index contributed by atoms with van der Waals surface area (Å²) in [5.74, 6) is 0.728. The van der Waals surface area contributed by atoms with Crippen molar-refractivity contribution in [3.63, 3.8) is 0 Å². The lowest BCUT2D eigenvalue weighted by molar-refractivity contribution is 0.419. The van der Waals surface area contributed by atoms with Crippen molar-refractivity contribution in [1.82, 2.24) is 9.97 Å². The zero-order valence-corrected chi connectivity index (χ0v) is 8.42. The lowest BCUT2D eigenvalue weighted by Gasteiger charge is -2.00. The SMILES string of the molecule is COc1ccc(Cl)c2[nH]c(=S)[nH]c12. The molecular weight excluding hydrogens is 208 g/mol. The zero-order valence-electron chi connectivity index (χ0n) is 6.85. The molecule has 2 N–H and O–H groups in total. The number of halogens is 1. The van der Waals surface area contributed by atoms with Crippen LogP contribution in [-0.4, -0.2) is 17.1 Å². The standard InChI is InChI=1S/C8H7ClN2OS/c1-12-5-3-2-4(9)6-7(5)11-8(13)10-6/h2-3H,1H3,(H2,10,11,13). The molecule has 68 valence electrons. The van der Waals surface area contributed by atoms with Crippen molar-refractivity contribution in [1.29, 1.82) is 0 Å². The van der Waals surface area contributed by atoms with Crippen LogP contribution in [0.2, 0.25) is 5.02 Å². The van der Waals surface area contributed by atoms with Crippen molar-refractivity contribution in [3.8, 4) is 5.75 Å². The summed E-state index contributed by atoms with van der Waals surface area (Å²) < 4.78 is 5.68. The Bertz CT molecular complexity index is 502. The molecule has 0 saturated heterocycles. The normalized spacial score (nSPS) is 10.6. The summed E-state index contributed by atoms with van der Waals surface area (Å²) in [6.45, 7) is 0. The molecule has 0 saturated carbocycles. The molecule has 2 aromatic rings. The van der Waals surface area contributed by atoms with E-state index < -0.39 is 0 Å². The highest BCUT2D eigenvalue weighted by molar-refractivity contribution is 7.71. The molecule has 1 aromatic heterocycles. The number of benzene rings is 1. The number of aromatic amines is 2. The summed E-state index contributed by atoms with van der Waals surface area (Å²) in [5, 5.41) is 0.628. The van der Waals surface area contributed by atoms with Crippen LogP contribution < -0.4 is 4.74 Å². The molecule has 0 aliphatic heterocycles. The van der Waals surface area contributed by atoms with Gasteiger partial charge in [0, 0.05) is 0 Å². The molecule has 2 rings (SSSR count). The molecule has 1 aromatic carbocycles. The molecule has 0 spiro atoms. The van der Waals surface area contributed by atoms with Gasteiger partial charge in [-0.05, 0) is 24.4 Å². The summed E-state index contributed by atoms with van der Waals surface area (Å²) in [4.78, 5) is 5.92. The fourth-order valence-electron chi connectivity index (χ4n) is 1.23. The Labute approximate surface area is 84.7 Å². The van der Waals surface area contributed by atoms with E-state index in [0.29, 0.717) is 9.79 Å². The van der Waals surface area contributed by atoms with Crippen LogP contribution in [0, 0.1) is 4.77 Å². The van der Waals surface area contributed by atoms with Crippen LogP contribution in [0.1, 0.15) is 0 Å². The van der Waals surface area contributed by atoms with Crippen molar-refractivity contribution >= 4 is 34.9 Å². The van der Waals surface area contributed by atoms with Gasteiger partial charge in [0.15, 0.2) is 4.77 Å². The second kappa shape index (κ2) is 3.05. The van der Waals surface area contributed by atoms with Gasteiger partial charge in [0.25, 0.3) is 0 Å². The first-order chi connectivity index (χ1) is 6.22. The number of H-pyrrole nitrogens is 2. The van der Waals surface area contributed by atoms with E-state index in [0.717, 1.165) is 16.8 Å².